The number of nitro groups is 2. The van der Waals surface area contributed by atoms with Crippen LogP contribution < -0.4 is 10.2 Å². The lowest BCUT2D eigenvalue weighted by molar-refractivity contribution is -0.385. The average molecular weight is 495 g/mol. The quantitative estimate of drug-likeness (QED) is 0.120. The summed E-state index contributed by atoms with van der Waals surface area (Å²) in [5.74, 6) is -1.40. The van der Waals surface area contributed by atoms with Crippen molar-refractivity contribution in [2.75, 3.05) is 0 Å². The third kappa shape index (κ3) is 7.04. The van der Waals surface area contributed by atoms with Gasteiger partial charge in [-0.15, -0.1) is 0 Å². The molecule has 3 rings (SSSR count). The van der Waals surface area contributed by atoms with Gasteiger partial charge in [-0.3, -0.25) is 25.0 Å². The van der Waals surface area contributed by atoms with Crippen LogP contribution in [0.5, 0.6) is 5.75 Å². The number of esters is 1. The number of benzene rings is 3. The monoisotopic (exact) mass is 494 g/mol. The Balaban J connectivity index is 1.73. The van der Waals surface area contributed by atoms with Crippen LogP contribution in [0.2, 0.25) is 5.02 Å². The first-order chi connectivity index (χ1) is 16.7. The molecule has 35 heavy (non-hydrogen) atoms. The van der Waals surface area contributed by atoms with E-state index in [9.17, 15) is 29.8 Å². The summed E-state index contributed by atoms with van der Waals surface area (Å²) in [7, 11) is 0. The molecule has 12 heteroatoms. The predicted molar refractivity (Wildman–Crippen MR) is 127 cm³/mol. The van der Waals surface area contributed by atoms with Crippen LogP contribution in [-0.2, 0) is 4.79 Å². The van der Waals surface area contributed by atoms with Gasteiger partial charge >= 0.3 is 5.97 Å². The maximum absolute atomic E-state index is 12.3. The number of rotatable bonds is 8. The van der Waals surface area contributed by atoms with Crippen molar-refractivity contribution in [2.24, 2.45) is 5.10 Å². The number of hydrogen-bond donors (Lipinski definition) is 1. The van der Waals surface area contributed by atoms with Gasteiger partial charge in [0.15, 0.2) is 0 Å². The second-order valence-corrected chi connectivity index (χ2v) is 7.22. The lowest BCUT2D eigenvalue weighted by atomic mass is 10.2. The van der Waals surface area contributed by atoms with Crippen molar-refractivity contribution in [1.82, 2.24) is 5.43 Å². The number of ether oxygens (including phenoxy) is 1. The Morgan fingerprint density at radius 1 is 0.914 bits per heavy atom. The van der Waals surface area contributed by atoms with E-state index in [1.54, 1.807) is 0 Å². The van der Waals surface area contributed by atoms with Gasteiger partial charge in [0.25, 0.3) is 17.3 Å². The van der Waals surface area contributed by atoms with Crippen molar-refractivity contribution in [3.8, 4) is 5.75 Å². The number of halogens is 1. The first-order valence-corrected chi connectivity index (χ1v) is 10.1. The van der Waals surface area contributed by atoms with Crippen molar-refractivity contribution in [3.05, 3.63) is 115 Å². The van der Waals surface area contributed by atoms with Gasteiger partial charge in [0.05, 0.1) is 16.1 Å². The van der Waals surface area contributed by atoms with Gasteiger partial charge in [0, 0.05) is 46.5 Å². The molecule has 0 bridgehead atoms. The minimum absolute atomic E-state index is 0.0431. The molecule has 0 saturated carbocycles. The number of non-ortho nitro benzene ring substituents is 2. The summed E-state index contributed by atoms with van der Waals surface area (Å²) >= 11 is 5.79. The Kier molecular flexibility index (Phi) is 7.98. The zero-order valence-electron chi connectivity index (χ0n) is 17.7. The highest BCUT2D eigenvalue weighted by atomic mass is 35.5. The van der Waals surface area contributed by atoms with Crippen molar-refractivity contribution in [1.29, 1.82) is 0 Å². The fraction of sp³-hybridized carbons (Fsp3) is 0. The molecule has 0 aliphatic carbocycles. The Bertz CT molecular complexity index is 1340. The van der Waals surface area contributed by atoms with Crippen LogP contribution in [-0.4, -0.2) is 27.9 Å². The molecule has 0 unspecified atom stereocenters. The van der Waals surface area contributed by atoms with Crippen LogP contribution in [0.15, 0.2) is 77.9 Å². The average Bonchev–Trinajstić information content (AvgIpc) is 2.84. The lowest BCUT2D eigenvalue weighted by Gasteiger charge is -2.06. The van der Waals surface area contributed by atoms with E-state index in [4.69, 9.17) is 16.3 Å². The van der Waals surface area contributed by atoms with Gasteiger partial charge in [-0.25, -0.2) is 10.2 Å². The van der Waals surface area contributed by atoms with Gasteiger partial charge < -0.3 is 4.74 Å². The third-order valence-electron chi connectivity index (χ3n) is 4.41. The Morgan fingerprint density at radius 3 is 2.17 bits per heavy atom. The van der Waals surface area contributed by atoms with E-state index < -0.39 is 21.7 Å². The third-order valence-corrected chi connectivity index (χ3v) is 4.66. The molecule has 3 aromatic rings. The van der Waals surface area contributed by atoms with Crippen LogP contribution in [0.4, 0.5) is 11.4 Å². The van der Waals surface area contributed by atoms with Crippen LogP contribution >= 0.6 is 11.6 Å². The summed E-state index contributed by atoms with van der Waals surface area (Å²) in [6, 6.07) is 15.0. The fourth-order valence-electron chi connectivity index (χ4n) is 2.68. The molecule has 0 atom stereocenters. The number of carbonyl (C=O) groups excluding carboxylic acids is 2. The first kappa shape index (κ1) is 24.7. The summed E-state index contributed by atoms with van der Waals surface area (Å²) in [4.78, 5) is 45.1. The molecule has 0 heterocycles. The van der Waals surface area contributed by atoms with E-state index in [1.807, 2.05) is 0 Å². The molecule has 0 spiro atoms. The zero-order chi connectivity index (χ0) is 25.4. The smallest absolute Gasteiger partial charge is 0.336 e. The lowest BCUT2D eigenvalue weighted by Crippen LogP contribution is -2.17. The van der Waals surface area contributed by atoms with Crippen LogP contribution in [0, 0.1) is 20.2 Å². The van der Waals surface area contributed by atoms with E-state index in [0.717, 1.165) is 24.4 Å². The minimum Gasteiger partial charge on any atom is -0.423 e. The predicted octanol–water partition coefficient (Wildman–Crippen LogP) is 4.54. The second-order valence-electron chi connectivity index (χ2n) is 6.79. The number of nitrogens with one attached hydrogen (secondary N) is 1. The first-order valence-electron chi connectivity index (χ1n) is 9.74. The van der Waals surface area contributed by atoms with Crippen LogP contribution in [0.25, 0.3) is 6.08 Å². The number of nitro benzene ring substituents is 2. The van der Waals surface area contributed by atoms with Crippen LogP contribution in [0.1, 0.15) is 21.5 Å². The highest BCUT2D eigenvalue weighted by molar-refractivity contribution is 6.30. The minimum atomic E-state index is -0.808. The molecule has 3 aromatic carbocycles. The maximum Gasteiger partial charge on any atom is 0.336 e. The molecule has 1 N–H and O–H groups in total. The number of nitrogens with zero attached hydrogens (tertiary/aromatic N) is 3. The van der Waals surface area contributed by atoms with Crippen molar-refractivity contribution < 1.29 is 24.2 Å². The van der Waals surface area contributed by atoms with E-state index in [0.29, 0.717) is 10.6 Å². The topological polar surface area (TPSA) is 154 Å². The SMILES string of the molecule is O=C(/C=C/c1ccc([N+](=O)[O-])cc1)Oc1ccc([N+](=O)[O-])cc1/C=N/NC(=O)c1ccc(Cl)cc1. The van der Waals surface area contributed by atoms with Crippen molar-refractivity contribution in [2.45, 2.75) is 0 Å². The highest BCUT2D eigenvalue weighted by Crippen LogP contribution is 2.23. The second kappa shape index (κ2) is 11.3. The molecular weight excluding hydrogens is 480 g/mol. The number of carbonyl (C=O) groups is 2. The largest absolute Gasteiger partial charge is 0.423 e. The summed E-state index contributed by atoms with van der Waals surface area (Å²) in [5.41, 5.74) is 2.76. The molecular formula is C23H15ClN4O7. The summed E-state index contributed by atoms with van der Waals surface area (Å²) < 4.78 is 5.24. The van der Waals surface area contributed by atoms with Gasteiger partial charge in [-0.2, -0.15) is 5.10 Å². The molecule has 0 aromatic heterocycles. The zero-order valence-corrected chi connectivity index (χ0v) is 18.4. The van der Waals surface area contributed by atoms with Crippen molar-refractivity contribution in [3.63, 3.8) is 0 Å². The molecule has 0 radical (unpaired) electrons. The van der Waals surface area contributed by atoms with E-state index in [2.05, 4.69) is 10.5 Å². The summed E-state index contributed by atoms with van der Waals surface area (Å²) in [6.45, 7) is 0. The van der Waals surface area contributed by atoms with Gasteiger partial charge in [0.2, 0.25) is 0 Å². The summed E-state index contributed by atoms with van der Waals surface area (Å²) in [5, 5.41) is 26.1. The van der Waals surface area contributed by atoms with Crippen LogP contribution in [0.3, 0.4) is 0 Å². The molecule has 1 amide bonds. The fourth-order valence-corrected chi connectivity index (χ4v) is 2.81. The highest BCUT2D eigenvalue weighted by Gasteiger charge is 2.13. The standard InChI is InChI=1S/C23H15ClN4O7/c24-18-6-4-16(5-7-18)23(30)26-25-14-17-13-20(28(33)34)10-11-21(17)35-22(29)12-3-15-1-8-19(9-2-15)27(31)32/h1-14H,(H,26,30)/b12-3+,25-14+. The molecule has 0 aliphatic heterocycles. The summed E-state index contributed by atoms with van der Waals surface area (Å²) in [6.07, 6.45) is 3.58. The number of hydrogen-bond acceptors (Lipinski definition) is 8. The van der Waals surface area contributed by atoms with Gasteiger partial charge in [-0.05, 0) is 54.1 Å². The Morgan fingerprint density at radius 2 is 1.54 bits per heavy atom. The number of amides is 1. The van der Waals surface area contributed by atoms with E-state index in [1.165, 1.54) is 60.7 Å². The molecule has 11 nitrogen and oxygen atoms in total. The Hall–Kier alpha value is -4.90. The van der Waals surface area contributed by atoms with E-state index >= 15 is 0 Å². The Labute approximate surface area is 202 Å². The number of hydrazone groups is 1. The molecule has 176 valence electrons. The molecule has 0 aliphatic rings. The molecule has 0 saturated heterocycles. The van der Waals surface area contributed by atoms with E-state index in [-0.39, 0.29) is 28.3 Å². The normalized spacial score (nSPS) is 10.9. The van der Waals surface area contributed by atoms with Gasteiger partial charge in [0.1, 0.15) is 5.75 Å². The van der Waals surface area contributed by atoms with Crippen molar-refractivity contribution >= 4 is 47.1 Å². The van der Waals surface area contributed by atoms with Gasteiger partial charge in [-0.1, -0.05) is 11.6 Å². The molecule has 0 fully saturated rings. The maximum atomic E-state index is 12.3.